The van der Waals surface area contributed by atoms with E-state index in [1.165, 1.54) is 11.3 Å². The van der Waals surface area contributed by atoms with Gasteiger partial charge >= 0.3 is 0 Å². The summed E-state index contributed by atoms with van der Waals surface area (Å²) in [6, 6.07) is 7.60. The molecule has 0 radical (unpaired) electrons. The lowest BCUT2D eigenvalue weighted by atomic mass is 10.2. The van der Waals surface area contributed by atoms with E-state index in [-0.39, 0.29) is 11.0 Å². The fraction of sp³-hybridized carbons (Fsp3) is 0.438. The summed E-state index contributed by atoms with van der Waals surface area (Å²) in [5.74, 6) is 0.726. The number of thiazole rings is 1. The maximum absolute atomic E-state index is 12.5. The molecule has 7 heteroatoms. The van der Waals surface area contributed by atoms with Crippen molar-refractivity contribution in [3.05, 3.63) is 35.3 Å². The smallest absolute Gasteiger partial charge is 0.159 e. The molecule has 0 spiro atoms. The number of rotatable bonds is 5. The van der Waals surface area contributed by atoms with Gasteiger partial charge < -0.3 is 9.47 Å². The summed E-state index contributed by atoms with van der Waals surface area (Å²) < 4.78 is 35.6. The van der Waals surface area contributed by atoms with Crippen LogP contribution in [-0.2, 0) is 20.3 Å². The zero-order chi connectivity index (χ0) is 16.3. The van der Waals surface area contributed by atoms with Crippen molar-refractivity contribution in [1.29, 1.82) is 0 Å². The van der Waals surface area contributed by atoms with Crippen LogP contribution in [0.3, 0.4) is 0 Å². The van der Waals surface area contributed by atoms with E-state index in [1.54, 1.807) is 7.11 Å². The van der Waals surface area contributed by atoms with Crippen LogP contribution < -0.4 is 4.74 Å². The molecule has 1 aromatic carbocycles. The highest BCUT2D eigenvalue weighted by Crippen LogP contribution is 2.32. The second kappa shape index (κ2) is 6.98. The molecule has 1 aliphatic rings. The average Bonchev–Trinajstić information content (AvgIpc) is 3.03. The highest BCUT2D eigenvalue weighted by Gasteiger charge is 2.28. The number of aromatic nitrogens is 1. The Balaban J connectivity index is 1.79. The molecule has 0 saturated carbocycles. The molecule has 0 N–H and O–H groups in total. The third-order valence-corrected chi connectivity index (χ3v) is 7.02. The van der Waals surface area contributed by atoms with Gasteiger partial charge in [0.1, 0.15) is 10.8 Å². The number of benzene rings is 1. The van der Waals surface area contributed by atoms with Crippen molar-refractivity contribution in [3.8, 4) is 16.3 Å². The van der Waals surface area contributed by atoms with Gasteiger partial charge in [-0.15, -0.1) is 11.3 Å². The van der Waals surface area contributed by atoms with E-state index in [4.69, 9.17) is 9.47 Å². The Bertz CT molecular complexity index is 764. The normalized spacial score (nSPS) is 16.4. The standard InChI is InChI=1S/C16H19NO4S2/c1-20-15-5-3-2-4-14(15)16-17-12(10-22-16)11-23(18,19)13-6-8-21-9-7-13/h2-5,10,13H,6-9,11H2,1H3. The van der Waals surface area contributed by atoms with Gasteiger partial charge in [0.25, 0.3) is 0 Å². The van der Waals surface area contributed by atoms with Gasteiger partial charge in [0.05, 0.1) is 29.4 Å². The molecular formula is C16H19NO4S2. The highest BCUT2D eigenvalue weighted by atomic mass is 32.2. The Morgan fingerprint density at radius 1 is 1.30 bits per heavy atom. The number of hydrogen-bond acceptors (Lipinski definition) is 6. The summed E-state index contributed by atoms with van der Waals surface area (Å²) in [6.07, 6.45) is 1.15. The predicted octanol–water partition coefficient (Wildman–Crippen LogP) is 2.91. The van der Waals surface area contributed by atoms with Crippen molar-refractivity contribution in [1.82, 2.24) is 4.98 Å². The van der Waals surface area contributed by atoms with Crippen LogP contribution in [0.4, 0.5) is 0 Å². The molecule has 3 rings (SSSR count). The first kappa shape index (κ1) is 16.4. The molecule has 0 bridgehead atoms. The molecule has 1 saturated heterocycles. The predicted molar refractivity (Wildman–Crippen MR) is 90.6 cm³/mol. The third-order valence-electron chi connectivity index (χ3n) is 3.91. The summed E-state index contributed by atoms with van der Waals surface area (Å²) in [6.45, 7) is 1.04. The van der Waals surface area contributed by atoms with E-state index in [1.807, 2.05) is 29.6 Å². The van der Waals surface area contributed by atoms with Crippen LogP contribution >= 0.6 is 11.3 Å². The minimum Gasteiger partial charge on any atom is -0.496 e. The van der Waals surface area contributed by atoms with Gasteiger partial charge in [-0.2, -0.15) is 0 Å². The molecule has 1 fully saturated rings. The van der Waals surface area contributed by atoms with Gasteiger partial charge in [-0.25, -0.2) is 13.4 Å². The number of ether oxygens (including phenoxy) is 2. The fourth-order valence-electron chi connectivity index (χ4n) is 2.68. The lowest BCUT2D eigenvalue weighted by Gasteiger charge is -2.21. The van der Waals surface area contributed by atoms with Crippen molar-refractivity contribution in [2.45, 2.75) is 23.8 Å². The van der Waals surface area contributed by atoms with Crippen LogP contribution in [0.25, 0.3) is 10.6 Å². The van der Waals surface area contributed by atoms with Gasteiger partial charge in [0.2, 0.25) is 0 Å². The molecule has 2 aromatic rings. The third kappa shape index (κ3) is 3.73. The zero-order valence-corrected chi connectivity index (χ0v) is 14.5. The zero-order valence-electron chi connectivity index (χ0n) is 12.9. The molecule has 1 aromatic heterocycles. The Morgan fingerprint density at radius 2 is 2.04 bits per heavy atom. The molecule has 5 nitrogen and oxygen atoms in total. The summed E-state index contributed by atoms with van der Waals surface area (Å²) in [5, 5.41) is 2.28. The monoisotopic (exact) mass is 353 g/mol. The van der Waals surface area contributed by atoms with E-state index in [0.29, 0.717) is 31.7 Å². The van der Waals surface area contributed by atoms with Crippen LogP contribution in [0.5, 0.6) is 5.75 Å². The van der Waals surface area contributed by atoms with E-state index in [0.717, 1.165) is 16.3 Å². The molecule has 0 amide bonds. The summed E-state index contributed by atoms with van der Waals surface area (Å²) in [7, 11) is -1.57. The minimum absolute atomic E-state index is 0.0106. The summed E-state index contributed by atoms with van der Waals surface area (Å²) in [4.78, 5) is 4.50. The largest absolute Gasteiger partial charge is 0.496 e. The van der Waals surface area contributed by atoms with Gasteiger partial charge in [-0.1, -0.05) is 12.1 Å². The maximum Gasteiger partial charge on any atom is 0.159 e. The Morgan fingerprint density at radius 3 is 2.78 bits per heavy atom. The molecule has 0 unspecified atom stereocenters. The first-order valence-electron chi connectivity index (χ1n) is 7.47. The Labute approximate surface area is 140 Å². The van der Waals surface area contributed by atoms with Gasteiger partial charge in [-0.05, 0) is 25.0 Å². The average molecular weight is 353 g/mol. The molecule has 0 aliphatic carbocycles. The Kier molecular flexibility index (Phi) is 4.99. The number of para-hydroxylation sites is 1. The summed E-state index contributed by atoms with van der Waals surface area (Å²) in [5.41, 5.74) is 1.48. The van der Waals surface area contributed by atoms with Crippen molar-refractivity contribution >= 4 is 21.2 Å². The molecular weight excluding hydrogens is 334 g/mol. The van der Waals surface area contributed by atoms with E-state index in [9.17, 15) is 8.42 Å². The fourth-order valence-corrected chi connectivity index (χ4v) is 5.34. The van der Waals surface area contributed by atoms with Crippen molar-refractivity contribution in [3.63, 3.8) is 0 Å². The molecule has 1 aliphatic heterocycles. The lowest BCUT2D eigenvalue weighted by molar-refractivity contribution is 0.0983. The van der Waals surface area contributed by atoms with Crippen LogP contribution in [0.15, 0.2) is 29.6 Å². The lowest BCUT2D eigenvalue weighted by Crippen LogP contribution is -2.29. The van der Waals surface area contributed by atoms with Gasteiger partial charge in [0, 0.05) is 18.6 Å². The van der Waals surface area contributed by atoms with E-state index >= 15 is 0 Å². The van der Waals surface area contributed by atoms with E-state index < -0.39 is 9.84 Å². The van der Waals surface area contributed by atoms with Crippen LogP contribution in [0, 0.1) is 0 Å². The number of sulfone groups is 1. The minimum atomic E-state index is -3.19. The van der Waals surface area contributed by atoms with Crippen LogP contribution in [0.2, 0.25) is 0 Å². The van der Waals surface area contributed by atoms with Crippen LogP contribution in [0.1, 0.15) is 18.5 Å². The summed E-state index contributed by atoms with van der Waals surface area (Å²) >= 11 is 1.44. The topological polar surface area (TPSA) is 65.5 Å². The highest BCUT2D eigenvalue weighted by molar-refractivity contribution is 7.91. The van der Waals surface area contributed by atoms with Crippen molar-refractivity contribution < 1.29 is 17.9 Å². The quantitative estimate of drug-likeness (QED) is 0.827. The van der Waals surface area contributed by atoms with Crippen molar-refractivity contribution in [2.75, 3.05) is 20.3 Å². The molecule has 2 heterocycles. The number of hydrogen-bond donors (Lipinski definition) is 0. The van der Waals surface area contributed by atoms with Gasteiger partial charge in [-0.3, -0.25) is 0 Å². The SMILES string of the molecule is COc1ccccc1-c1nc(CS(=O)(=O)C2CCOCC2)cs1. The van der Waals surface area contributed by atoms with Gasteiger partial charge in [0.15, 0.2) is 9.84 Å². The first-order chi connectivity index (χ1) is 11.1. The van der Waals surface area contributed by atoms with Crippen molar-refractivity contribution in [2.24, 2.45) is 0 Å². The molecule has 23 heavy (non-hydrogen) atoms. The second-order valence-corrected chi connectivity index (χ2v) is 8.60. The number of nitrogens with zero attached hydrogens (tertiary/aromatic N) is 1. The first-order valence-corrected chi connectivity index (χ1v) is 10.1. The molecule has 124 valence electrons. The van der Waals surface area contributed by atoms with E-state index in [2.05, 4.69) is 4.98 Å². The Hall–Kier alpha value is -1.44. The molecule has 0 atom stereocenters. The van der Waals surface area contributed by atoms with Crippen LogP contribution in [-0.4, -0.2) is 39.0 Å². The number of methoxy groups -OCH3 is 1. The maximum atomic E-state index is 12.5. The second-order valence-electron chi connectivity index (χ2n) is 5.46.